The van der Waals surface area contributed by atoms with Gasteiger partial charge in [0.1, 0.15) is 22.2 Å². The number of anilines is 1. The SMILES string of the molecule is CCOC(=O)c1c(NC(=O)Cn2c(C)nc3sc(C)c(C)c3c2=O)sc2c1CCC(C)C2. The lowest BCUT2D eigenvalue weighted by Crippen LogP contribution is -2.30. The summed E-state index contributed by atoms with van der Waals surface area (Å²) in [5, 5.41) is 3.96. The van der Waals surface area contributed by atoms with Crippen LogP contribution in [-0.4, -0.2) is 28.0 Å². The lowest BCUT2D eigenvalue weighted by molar-refractivity contribution is -0.116. The van der Waals surface area contributed by atoms with Gasteiger partial charge in [-0.3, -0.25) is 14.2 Å². The summed E-state index contributed by atoms with van der Waals surface area (Å²) in [7, 11) is 0. The molecule has 3 heterocycles. The third-order valence-electron chi connectivity index (χ3n) is 6.03. The van der Waals surface area contributed by atoms with Gasteiger partial charge in [-0.15, -0.1) is 22.7 Å². The molecule has 1 unspecified atom stereocenters. The monoisotopic (exact) mass is 473 g/mol. The molecule has 170 valence electrons. The number of hydrogen-bond acceptors (Lipinski definition) is 7. The molecule has 3 aromatic heterocycles. The Morgan fingerprint density at radius 2 is 2.00 bits per heavy atom. The second-order valence-electron chi connectivity index (χ2n) is 8.34. The summed E-state index contributed by atoms with van der Waals surface area (Å²) in [5.74, 6) is 0.258. The molecular formula is C23H27N3O4S2. The van der Waals surface area contributed by atoms with Crippen LogP contribution in [0.1, 0.15) is 57.3 Å². The number of carbonyl (C=O) groups is 2. The Balaban J connectivity index is 1.66. The number of carbonyl (C=O) groups excluding carboxylic acids is 2. The number of nitrogens with zero attached hydrogens (tertiary/aromatic N) is 2. The van der Waals surface area contributed by atoms with Crippen LogP contribution < -0.4 is 10.9 Å². The van der Waals surface area contributed by atoms with Gasteiger partial charge in [-0.25, -0.2) is 9.78 Å². The first-order valence-corrected chi connectivity index (χ1v) is 12.4. The molecule has 32 heavy (non-hydrogen) atoms. The first kappa shape index (κ1) is 22.7. The maximum Gasteiger partial charge on any atom is 0.341 e. The Labute approximate surface area is 194 Å². The minimum absolute atomic E-state index is 0.164. The normalized spacial score (nSPS) is 15.6. The minimum Gasteiger partial charge on any atom is -0.462 e. The van der Waals surface area contributed by atoms with Crippen molar-refractivity contribution in [2.75, 3.05) is 11.9 Å². The largest absolute Gasteiger partial charge is 0.462 e. The highest BCUT2D eigenvalue weighted by atomic mass is 32.1. The van der Waals surface area contributed by atoms with E-state index in [1.165, 1.54) is 27.2 Å². The molecule has 0 aliphatic heterocycles. The highest BCUT2D eigenvalue weighted by molar-refractivity contribution is 7.18. The summed E-state index contributed by atoms with van der Waals surface area (Å²) in [6.45, 7) is 9.66. The molecule has 0 aromatic carbocycles. The van der Waals surface area contributed by atoms with Gasteiger partial charge in [0.25, 0.3) is 5.56 Å². The second-order valence-corrected chi connectivity index (χ2v) is 10.6. The van der Waals surface area contributed by atoms with E-state index >= 15 is 0 Å². The summed E-state index contributed by atoms with van der Waals surface area (Å²) in [4.78, 5) is 46.2. The van der Waals surface area contributed by atoms with Crippen LogP contribution in [0.4, 0.5) is 5.00 Å². The number of aryl methyl sites for hydroxylation is 3. The summed E-state index contributed by atoms with van der Waals surface area (Å²) in [5.41, 5.74) is 2.15. The fourth-order valence-electron chi connectivity index (χ4n) is 4.18. The van der Waals surface area contributed by atoms with E-state index in [9.17, 15) is 14.4 Å². The Kier molecular flexibility index (Phi) is 6.22. The number of aromatic nitrogens is 2. The van der Waals surface area contributed by atoms with E-state index in [0.29, 0.717) is 32.5 Å². The molecule has 0 fully saturated rings. The number of hydrogen-bond donors (Lipinski definition) is 1. The number of rotatable bonds is 5. The molecule has 4 rings (SSSR count). The van der Waals surface area contributed by atoms with Crippen molar-refractivity contribution < 1.29 is 14.3 Å². The van der Waals surface area contributed by atoms with Crippen LogP contribution in [0, 0.1) is 26.7 Å². The summed E-state index contributed by atoms with van der Waals surface area (Å²) >= 11 is 2.93. The Bertz CT molecular complexity index is 1280. The van der Waals surface area contributed by atoms with E-state index in [1.807, 2.05) is 13.8 Å². The van der Waals surface area contributed by atoms with Gasteiger partial charge in [0.05, 0.1) is 17.6 Å². The van der Waals surface area contributed by atoms with Crippen LogP contribution in [0.15, 0.2) is 4.79 Å². The molecule has 0 radical (unpaired) electrons. The van der Waals surface area contributed by atoms with Crippen molar-refractivity contribution in [1.29, 1.82) is 0 Å². The summed E-state index contributed by atoms with van der Waals surface area (Å²) in [6.07, 6.45) is 2.69. The van der Waals surface area contributed by atoms with Gasteiger partial charge in [-0.05, 0) is 64.0 Å². The molecule has 9 heteroatoms. The van der Waals surface area contributed by atoms with Crippen LogP contribution in [-0.2, 0) is 28.9 Å². The van der Waals surface area contributed by atoms with Gasteiger partial charge >= 0.3 is 5.97 Å². The van der Waals surface area contributed by atoms with E-state index in [-0.39, 0.29) is 24.6 Å². The van der Waals surface area contributed by atoms with Gasteiger partial charge in [0.15, 0.2) is 0 Å². The zero-order chi connectivity index (χ0) is 23.2. The van der Waals surface area contributed by atoms with E-state index < -0.39 is 5.97 Å². The van der Waals surface area contributed by atoms with Crippen LogP contribution in [0.3, 0.4) is 0 Å². The number of ether oxygens (including phenoxy) is 1. The topological polar surface area (TPSA) is 90.3 Å². The summed E-state index contributed by atoms with van der Waals surface area (Å²) < 4.78 is 6.67. The Morgan fingerprint density at radius 3 is 2.72 bits per heavy atom. The van der Waals surface area contributed by atoms with Crippen molar-refractivity contribution in [2.24, 2.45) is 5.92 Å². The Hall–Kier alpha value is -2.52. The Morgan fingerprint density at radius 1 is 1.25 bits per heavy atom. The standard InChI is InChI=1S/C23H27N3O4S2/c1-6-30-23(29)19-15-8-7-11(2)9-16(15)32-21(19)25-17(27)10-26-14(5)24-20-18(22(26)28)12(3)13(4)31-20/h11H,6-10H2,1-5H3,(H,25,27). The lowest BCUT2D eigenvalue weighted by atomic mass is 9.88. The number of fused-ring (bicyclic) bond motifs is 2. The maximum absolute atomic E-state index is 13.1. The minimum atomic E-state index is -0.407. The first-order valence-electron chi connectivity index (χ1n) is 10.8. The number of nitrogens with one attached hydrogen (secondary N) is 1. The third-order valence-corrected chi connectivity index (χ3v) is 8.30. The third kappa shape index (κ3) is 3.99. The van der Waals surface area contributed by atoms with Gasteiger partial charge in [-0.1, -0.05) is 6.92 Å². The second kappa shape index (κ2) is 8.78. The average molecular weight is 474 g/mol. The van der Waals surface area contributed by atoms with E-state index in [1.54, 1.807) is 13.8 Å². The van der Waals surface area contributed by atoms with E-state index in [4.69, 9.17) is 4.74 Å². The van der Waals surface area contributed by atoms with Crippen LogP contribution in [0.2, 0.25) is 0 Å². The molecule has 0 bridgehead atoms. The van der Waals surface area contributed by atoms with E-state index in [2.05, 4.69) is 17.2 Å². The molecule has 1 amide bonds. The highest BCUT2D eigenvalue weighted by Gasteiger charge is 2.29. The van der Waals surface area contributed by atoms with Gasteiger partial charge < -0.3 is 10.1 Å². The molecule has 1 N–H and O–H groups in total. The van der Waals surface area contributed by atoms with Crippen LogP contribution in [0.5, 0.6) is 0 Å². The fourth-order valence-corrected chi connectivity index (χ4v) is 6.66. The highest BCUT2D eigenvalue weighted by Crippen LogP contribution is 2.40. The number of amides is 1. The molecule has 1 aliphatic rings. The molecular weight excluding hydrogens is 446 g/mol. The van der Waals surface area contributed by atoms with Crippen molar-refractivity contribution in [2.45, 2.75) is 60.4 Å². The smallest absolute Gasteiger partial charge is 0.341 e. The molecule has 0 spiro atoms. The van der Waals surface area contributed by atoms with Gasteiger partial charge in [0.2, 0.25) is 5.91 Å². The van der Waals surface area contributed by atoms with Gasteiger partial charge in [0, 0.05) is 9.75 Å². The summed E-state index contributed by atoms with van der Waals surface area (Å²) in [6, 6.07) is 0. The van der Waals surface area contributed by atoms with Crippen LogP contribution in [0.25, 0.3) is 10.2 Å². The fraction of sp³-hybridized carbons (Fsp3) is 0.478. The molecule has 0 saturated heterocycles. The average Bonchev–Trinajstić information content (AvgIpc) is 3.21. The van der Waals surface area contributed by atoms with Crippen molar-refractivity contribution in [3.63, 3.8) is 0 Å². The van der Waals surface area contributed by atoms with E-state index in [0.717, 1.165) is 40.1 Å². The maximum atomic E-state index is 13.1. The zero-order valence-corrected chi connectivity index (χ0v) is 20.6. The lowest BCUT2D eigenvalue weighted by Gasteiger charge is -2.18. The van der Waals surface area contributed by atoms with Crippen molar-refractivity contribution >= 4 is 49.8 Å². The predicted octanol–water partition coefficient (Wildman–Crippen LogP) is 4.38. The zero-order valence-electron chi connectivity index (χ0n) is 19.0. The van der Waals surface area contributed by atoms with Crippen molar-refractivity contribution in [3.8, 4) is 0 Å². The molecule has 1 aliphatic carbocycles. The molecule has 0 saturated carbocycles. The van der Waals surface area contributed by atoms with Crippen molar-refractivity contribution in [1.82, 2.24) is 9.55 Å². The quantitative estimate of drug-likeness (QED) is 0.555. The molecule has 7 nitrogen and oxygen atoms in total. The molecule has 1 atom stereocenters. The van der Waals surface area contributed by atoms with Crippen LogP contribution >= 0.6 is 22.7 Å². The first-order chi connectivity index (χ1) is 15.2. The van der Waals surface area contributed by atoms with Crippen molar-refractivity contribution in [3.05, 3.63) is 42.6 Å². The van der Waals surface area contributed by atoms with Gasteiger partial charge in [-0.2, -0.15) is 0 Å². The number of esters is 1. The number of thiophene rings is 2. The molecule has 3 aromatic rings. The predicted molar refractivity (Wildman–Crippen MR) is 128 cm³/mol.